The topological polar surface area (TPSA) is 196 Å². The van der Waals surface area contributed by atoms with E-state index in [2.05, 4.69) is 0 Å². The van der Waals surface area contributed by atoms with E-state index >= 15 is 0 Å². The second kappa shape index (κ2) is 16.6. The molecule has 78 valence electrons. The van der Waals surface area contributed by atoms with Crippen molar-refractivity contribution in [2.75, 3.05) is 0 Å². The van der Waals surface area contributed by atoms with E-state index in [1.807, 2.05) is 0 Å². The molecule has 0 saturated carbocycles. The first-order valence-corrected chi connectivity index (χ1v) is 1.66. The standard InChI is InChI=1S/Cr.HNO3.2NO3/c;3*2-1(3)4/h;(H,2,3,4);;/q;;2*-1. The third-order valence-corrected chi connectivity index (χ3v) is 0. The smallest absolute Gasteiger partial charge is 0.291 e. The largest absolute Gasteiger partial charge is 0.356 e. The second-order valence-electron chi connectivity index (χ2n) is 0.685. The molecule has 0 heterocycles. The first-order chi connectivity index (χ1) is 5.20. The van der Waals surface area contributed by atoms with E-state index in [1.54, 1.807) is 0 Å². The summed E-state index contributed by atoms with van der Waals surface area (Å²) < 4.78 is 0. The summed E-state index contributed by atoms with van der Waals surface area (Å²) >= 11 is 0. The fourth-order valence-corrected chi connectivity index (χ4v) is 0. The quantitative estimate of drug-likeness (QED) is 0.413. The van der Waals surface area contributed by atoms with Crippen molar-refractivity contribution < 1.29 is 37.8 Å². The van der Waals surface area contributed by atoms with Gasteiger partial charge >= 0.3 is 0 Å². The average molecular weight is 239 g/mol. The zero-order valence-electron chi connectivity index (χ0n) is 5.46. The molecule has 0 spiro atoms. The van der Waals surface area contributed by atoms with Gasteiger partial charge in [-0.05, 0) is 0 Å². The van der Waals surface area contributed by atoms with Gasteiger partial charge in [0.1, 0.15) is 0 Å². The van der Waals surface area contributed by atoms with E-state index in [0.29, 0.717) is 0 Å². The Morgan fingerprint density at radius 3 is 0.769 bits per heavy atom. The Balaban J connectivity index is -0.0000000450. The predicted molar refractivity (Wildman–Crippen MR) is 29.5 cm³/mol. The van der Waals surface area contributed by atoms with E-state index in [4.69, 9.17) is 46.0 Å². The molecule has 0 bridgehead atoms. The van der Waals surface area contributed by atoms with Gasteiger partial charge in [-0.2, -0.15) is 0 Å². The molecule has 0 radical (unpaired) electrons. The molecule has 0 saturated heterocycles. The predicted octanol–water partition coefficient (Wildman–Crippen LogP) is -0.828. The minimum absolute atomic E-state index is 0. The molecule has 0 aliphatic rings. The Hall–Kier alpha value is -1.87. The minimum atomic E-state index is -1.75. The van der Waals surface area contributed by atoms with Crippen LogP contribution in [0.1, 0.15) is 0 Å². The molecule has 0 aromatic heterocycles. The molecule has 0 unspecified atom stereocenters. The Labute approximate surface area is 79.5 Å². The normalized spacial score (nSPS) is 5.54. The maximum Gasteiger partial charge on any atom is 0.291 e. The molecular weight excluding hydrogens is 238 g/mol. The van der Waals surface area contributed by atoms with Crippen LogP contribution in [0.15, 0.2) is 0 Å². The Kier molecular flexibility index (Phi) is 28.7. The summed E-state index contributed by atoms with van der Waals surface area (Å²) in [5, 5.41) is 43.1. The van der Waals surface area contributed by atoms with Crippen molar-refractivity contribution >= 4 is 0 Å². The maximum absolute atomic E-state index is 8.36. The van der Waals surface area contributed by atoms with Crippen LogP contribution in [0.2, 0.25) is 0 Å². The summed E-state index contributed by atoms with van der Waals surface area (Å²) in [4.78, 5) is 24.9. The van der Waals surface area contributed by atoms with Crippen LogP contribution in [0.4, 0.5) is 0 Å². The summed E-state index contributed by atoms with van der Waals surface area (Å²) in [6.07, 6.45) is 0. The molecule has 0 aliphatic carbocycles. The van der Waals surface area contributed by atoms with Gasteiger partial charge in [-0.25, -0.2) is 0 Å². The molecule has 13 heavy (non-hydrogen) atoms. The zero-order chi connectivity index (χ0) is 10.7. The van der Waals surface area contributed by atoms with Crippen LogP contribution >= 0.6 is 0 Å². The molecule has 0 aromatic rings. The summed E-state index contributed by atoms with van der Waals surface area (Å²) in [5.41, 5.74) is 0. The number of nitrogens with zero attached hydrogens (tertiary/aromatic N) is 3. The van der Waals surface area contributed by atoms with E-state index in [0.717, 1.165) is 0 Å². The molecule has 0 aliphatic heterocycles. The summed E-state index contributed by atoms with van der Waals surface area (Å²) in [6.45, 7) is 0. The third kappa shape index (κ3) is 192. The van der Waals surface area contributed by atoms with E-state index < -0.39 is 15.3 Å². The molecule has 1 N–H and O–H groups in total. The van der Waals surface area contributed by atoms with E-state index in [-0.39, 0.29) is 17.4 Å². The molecule has 0 atom stereocenters. The van der Waals surface area contributed by atoms with Crippen molar-refractivity contribution in [1.29, 1.82) is 0 Å². The van der Waals surface area contributed by atoms with Gasteiger partial charge in [0.25, 0.3) is 5.09 Å². The maximum atomic E-state index is 8.36. The van der Waals surface area contributed by atoms with Crippen molar-refractivity contribution in [2.24, 2.45) is 0 Å². The van der Waals surface area contributed by atoms with Crippen molar-refractivity contribution in [3.05, 3.63) is 40.8 Å². The van der Waals surface area contributed by atoms with Crippen LogP contribution in [-0.4, -0.2) is 20.5 Å². The Bertz CT molecular complexity index is 112. The summed E-state index contributed by atoms with van der Waals surface area (Å²) in [7, 11) is 0. The fourth-order valence-electron chi connectivity index (χ4n) is 0. The molecule has 0 aromatic carbocycles. The number of rotatable bonds is 0. The van der Waals surface area contributed by atoms with Gasteiger partial charge in [0, 0.05) is 17.4 Å². The minimum Gasteiger partial charge on any atom is -0.356 e. The van der Waals surface area contributed by atoms with Gasteiger partial charge in [0.15, 0.2) is 0 Å². The monoisotopic (exact) mass is 239 g/mol. The van der Waals surface area contributed by atoms with Gasteiger partial charge in [-0.3, -0.25) is 0 Å². The third-order valence-electron chi connectivity index (χ3n) is 0. The van der Waals surface area contributed by atoms with Crippen LogP contribution in [0, 0.1) is 40.8 Å². The van der Waals surface area contributed by atoms with Crippen molar-refractivity contribution in [2.45, 2.75) is 0 Å². The molecule has 0 rings (SSSR count). The van der Waals surface area contributed by atoms with E-state index in [9.17, 15) is 0 Å². The fraction of sp³-hybridized carbons (Fsp3) is 0. The van der Waals surface area contributed by atoms with Crippen molar-refractivity contribution in [1.82, 2.24) is 0 Å². The second-order valence-corrected chi connectivity index (χ2v) is 0.685. The van der Waals surface area contributed by atoms with Crippen LogP contribution in [-0.2, 0) is 17.4 Å². The molecule has 0 amide bonds. The molecule has 13 heteroatoms. The zero-order valence-corrected chi connectivity index (χ0v) is 6.74. The van der Waals surface area contributed by atoms with Crippen LogP contribution in [0.5, 0.6) is 0 Å². The number of hydrogen-bond donors (Lipinski definition) is 1. The van der Waals surface area contributed by atoms with Gasteiger partial charge in [0.2, 0.25) is 0 Å². The van der Waals surface area contributed by atoms with Crippen molar-refractivity contribution in [3.63, 3.8) is 0 Å². The van der Waals surface area contributed by atoms with Crippen LogP contribution in [0.3, 0.4) is 0 Å². The van der Waals surface area contributed by atoms with Crippen LogP contribution in [0.25, 0.3) is 0 Å². The summed E-state index contributed by atoms with van der Waals surface area (Å²) in [5.74, 6) is 0. The molecule has 12 nitrogen and oxygen atoms in total. The van der Waals surface area contributed by atoms with Crippen LogP contribution < -0.4 is 0 Å². The van der Waals surface area contributed by atoms with Gasteiger partial charge in [0.05, 0.1) is 10.2 Å². The van der Waals surface area contributed by atoms with Gasteiger partial charge in [-0.1, -0.05) is 0 Å². The molecule has 0 fully saturated rings. The summed E-state index contributed by atoms with van der Waals surface area (Å²) in [6, 6.07) is 0. The SMILES string of the molecule is O=[N+]([O-])O.O=[N+]([O-])[O-].O=[N+]([O-])[O-].[Cr]. The molecular formula is HCrN3O9-2. The number of hydrogen-bond acceptors (Lipinski definition) is 8. The average Bonchev–Trinajstić information content (AvgIpc) is 1.54. The van der Waals surface area contributed by atoms with Gasteiger partial charge < -0.3 is 35.9 Å². The van der Waals surface area contributed by atoms with E-state index in [1.165, 1.54) is 0 Å². The first kappa shape index (κ1) is 22.5. The Morgan fingerprint density at radius 1 is 0.769 bits per heavy atom. The van der Waals surface area contributed by atoms with Crippen molar-refractivity contribution in [3.8, 4) is 0 Å². The van der Waals surface area contributed by atoms with Gasteiger partial charge in [-0.15, -0.1) is 10.1 Å². The Morgan fingerprint density at radius 2 is 0.769 bits per heavy atom. The first-order valence-electron chi connectivity index (χ1n) is 1.66.